The molecule has 1 aliphatic carbocycles. The predicted octanol–water partition coefficient (Wildman–Crippen LogP) is 0.646. The van der Waals surface area contributed by atoms with Gasteiger partial charge in [-0.05, 0) is 18.4 Å². The van der Waals surface area contributed by atoms with Gasteiger partial charge in [-0.2, -0.15) is 0 Å². The summed E-state index contributed by atoms with van der Waals surface area (Å²) in [6, 6.07) is 6.68. The number of urea groups is 1. The standard InChI is InChI=1S/C18H21N3O5/c1-18(8-9-18)13(22)12(14(19)23)21-15(24)16(26-2)20(17(21)25)10-11-6-4-3-5-7-11/h3-7,12,16H,8-10H2,1-2H3,(H2,19,23). The molecule has 2 fully saturated rings. The molecule has 1 aromatic rings. The zero-order chi connectivity index (χ0) is 19.1. The molecule has 4 amide bonds. The Morgan fingerprint density at radius 3 is 2.38 bits per heavy atom. The van der Waals surface area contributed by atoms with Crippen LogP contribution in [0.2, 0.25) is 0 Å². The minimum Gasteiger partial charge on any atom is -0.367 e. The zero-order valence-corrected chi connectivity index (χ0v) is 14.7. The van der Waals surface area contributed by atoms with Gasteiger partial charge in [-0.1, -0.05) is 37.3 Å². The third kappa shape index (κ3) is 2.96. The first-order valence-electron chi connectivity index (χ1n) is 8.34. The van der Waals surface area contributed by atoms with E-state index in [4.69, 9.17) is 10.5 Å². The van der Waals surface area contributed by atoms with Crippen LogP contribution in [-0.4, -0.2) is 52.8 Å². The van der Waals surface area contributed by atoms with Crippen molar-refractivity contribution in [1.29, 1.82) is 0 Å². The highest BCUT2D eigenvalue weighted by molar-refractivity contribution is 6.16. The van der Waals surface area contributed by atoms with Crippen LogP contribution in [0.25, 0.3) is 0 Å². The molecular formula is C18H21N3O5. The van der Waals surface area contributed by atoms with Crippen LogP contribution in [-0.2, 0) is 25.7 Å². The van der Waals surface area contributed by atoms with Crippen LogP contribution in [0.15, 0.2) is 30.3 Å². The molecule has 2 N–H and O–H groups in total. The summed E-state index contributed by atoms with van der Waals surface area (Å²) >= 11 is 0. The van der Waals surface area contributed by atoms with E-state index in [-0.39, 0.29) is 6.54 Å². The summed E-state index contributed by atoms with van der Waals surface area (Å²) in [7, 11) is 1.29. The maximum atomic E-state index is 12.9. The largest absolute Gasteiger partial charge is 0.367 e. The van der Waals surface area contributed by atoms with Gasteiger partial charge in [0.1, 0.15) is 0 Å². The lowest BCUT2D eigenvalue weighted by Gasteiger charge is -2.24. The molecule has 1 saturated carbocycles. The number of nitrogens with two attached hydrogens (primary N) is 1. The second kappa shape index (κ2) is 6.53. The number of imide groups is 1. The highest BCUT2D eigenvalue weighted by Gasteiger charge is 2.57. The highest BCUT2D eigenvalue weighted by atomic mass is 16.5. The van der Waals surface area contributed by atoms with Gasteiger partial charge in [-0.3, -0.25) is 19.3 Å². The lowest BCUT2D eigenvalue weighted by Crippen LogP contribution is -2.54. The monoisotopic (exact) mass is 359 g/mol. The van der Waals surface area contributed by atoms with Crippen LogP contribution in [0.3, 0.4) is 0 Å². The second-order valence-electron chi connectivity index (χ2n) is 6.92. The average Bonchev–Trinajstić information content (AvgIpc) is 3.32. The molecule has 8 nitrogen and oxygen atoms in total. The summed E-state index contributed by atoms with van der Waals surface area (Å²) in [6.07, 6.45) is 0.00458. The van der Waals surface area contributed by atoms with E-state index in [1.54, 1.807) is 31.2 Å². The van der Waals surface area contributed by atoms with Crippen LogP contribution in [0.1, 0.15) is 25.3 Å². The van der Waals surface area contributed by atoms with Crippen molar-refractivity contribution in [2.24, 2.45) is 11.1 Å². The van der Waals surface area contributed by atoms with Crippen LogP contribution in [0, 0.1) is 5.41 Å². The number of methoxy groups -OCH3 is 1. The van der Waals surface area contributed by atoms with Crippen molar-refractivity contribution in [3.8, 4) is 0 Å². The quantitative estimate of drug-likeness (QED) is 0.568. The molecule has 8 heteroatoms. The molecule has 138 valence electrons. The summed E-state index contributed by atoms with van der Waals surface area (Å²) in [5.41, 5.74) is 5.46. The maximum absolute atomic E-state index is 12.9. The summed E-state index contributed by atoms with van der Waals surface area (Å²) in [6.45, 7) is 1.81. The number of amides is 4. The van der Waals surface area contributed by atoms with E-state index in [9.17, 15) is 19.2 Å². The minimum atomic E-state index is -1.61. The Morgan fingerprint density at radius 1 is 1.27 bits per heavy atom. The third-order valence-corrected chi connectivity index (χ3v) is 4.97. The normalized spacial score (nSPS) is 22.5. The first-order valence-corrected chi connectivity index (χ1v) is 8.34. The number of ketones is 1. The fraction of sp³-hybridized carbons (Fsp3) is 0.444. The molecule has 1 aliphatic heterocycles. The number of primary amides is 1. The first kappa shape index (κ1) is 18.1. The zero-order valence-electron chi connectivity index (χ0n) is 14.7. The second-order valence-corrected chi connectivity index (χ2v) is 6.92. The van der Waals surface area contributed by atoms with Gasteiger partial charge in [0, 0.05) is 12.5 Å². The molecular weight excluding hydrogens is 338 g/mol. The van der Waals surface area contributed by atoms with E-state index in [2.05, 4.69) is 0 Å². The first-order chi connectivity index (χ1) is 12.3. The topological polar surface area (TPSA) is 110 Å². The van der Waals surface area contributed by atoms with Crippen LogP contribution >= 0.6 is 0 Å². The number of hydrogen-bond donors (Lipinski definition) is 1. The van der Waals surface area contributed by atoms with Crippen molar-refractivity contribution < 1.29 is 23.9 Å². The number of Topliss-reactive ketones (excluding diaryl/α,β-unsaturated/α-hetero) is 1. The Kier molecular flexibility index (Phi) is 4.53. The Balaban J connectivity index is 1.91. The Bertz CT molecular complexity index is 759. The van der Waals surface area contributed by atoms with Gasteiger partial charge in [0.15, 0.2) is 11.8 Å². The van der Waals surface area contributed by atoms with Crippen molar-refractivity contribution >= 4 is 23.6 Å². The third-order valence-electron chi connectivity index (χ3n) is 4.97. The van der Waals surface area contributed by atoms with Crippen LogP contribution in [0.4, 0.5) is 4.79 Å². The number of carbonyl (C=O) groups is 4. The summed E-state index contributed by atoms with van der Waals surface area (Å²) in [4.78, 5) is 52.1. The molecule has 26 heavy (non-hydrogen) atoms. The molecule has 1 saturated heterocycles. The molecule has 0 bridgehead atoms. The number of carbonyl (C=O) groups excluding carboxylic acids is 4. The Hall–Kier alpha value is -2.74. The SMILES string of the molecule is COC1C(=O)N(C(C(N)=O)C(=O)C2(C)CC2)C(=O)N1Cc1ccccc1. The van der Waals surface area contributed by atoms with E-state index in [0.717, 1.165) is 5.56 Å². The Labute approximate surface area is 150 Å². The number of benzene rings is 1. The molecule has 0 radical (unpaired) electrons. The lowest BCUT2D eigenvalue weighted by atomic mass is 9.95. The minimum absolute atomic E-state index is 0.108. The number of ether oxygens (including phenoxy) is 1. The van der Waals surface area contributed by atoms with Crippen molar-refractivity contribution in [1.82, 2.24) is 9.80 Å². The van der Waals surface area contributed by atoms with E-state index in [0.29, 0.717) is 17.7 Å². The molecule has 2 atom stereocenters. The number of rotatable bonds is 7. The molecule has 2 unspecified atom stereocenters. The Morgan fingerprint density at radius 2 is 1.88 bits per heavy atom. The van der Waals surface area contributed by atoms with Gasteiger partial charge >= 0.3 is 6.03 Å². The van der Waals surface area contributed by atoms with Crippen LogP contribution in [0.5, 0.6) is 0 Å². The predicted molar refractivity (Wildman–Crippen MR) is 90.4 cm³/mol. The molecule has 0 aromatic heterocycles. The number of hydrogen-bond acceptors (Lipinski definition) is 5. The number of nitrogens with zero attached hydrogens (tertiary/aromatic N) is 2. The molecule has 1 heterocycles. The van der Waals surface area contributed by atoms with E-state index in [1.807, 2.05) is 6.07 Å². The molecule has 2 aliphatic rings. The summed E-state index contributed by atoms with van der Waals surface area (Å²) in [5.74, 6) is -2.26. The highest BCUT2D eigenvalue weighted by Crippen LogP contribution is 2.47. The van der Waals surface area contributed by atoms with Gasteiger partial charge < -0.3 is 10.5 Å². The fourth-order valence-electron chi connectivity index (χ4n) is 3.12. The van der Waals surface area contributed by atoms with Gasteiger partial charge in [0.2, 0.25) is 12.1 Å². The van der Waals surface area contributed by atoms with Crippen molar-refractivity contribution in [3.63, 3.8) is 0 Å². The van der Waals surface area contributed by atoms with Crippen molar-refractivity contribution in [3.05, 3.63) is 35.9 Å². The van der Waals surface area contributed by atoms with E-state index >= 15 is 0 Å². The van der Waals surface area contributed by atoms with Crippen molar-refractivity contribution in [2.75, 3.05) is 7.11 Å². The van der Waals surface area contributed by atoms with Crippen LogP contribution < -0.4 is 5.73 Å². The van der Waals surface area contributed by atoms with Crippen molar-refractivity contribution in [2.45, 2.75) is 38.6 Å². The average molecular weight is 359 g/mol. The van der Waals surface area contributed by atoms with Gasteiger partial charge in [0.05, 0.1) is 6.54 Å². The van der Waals surface area contributed by atoms with E-state index < -0.39 is 41.3 Å². The summed E-state index contributed by atoms with van der Waals surface area (Å²) < 4.78 is 5.17. The van der Waals surface area contributed by atoms with E-state index in [1.165, 1.54) is 12.0 Å². The molecule has 3 rings (SSSR count). The fourth-order valence-corrected chi connectivity index (χ4v) is 3.12. The smallest absolute Gasteiger partial charge is 0.330 e. The molecule has 0 spiro atoms. The van der Waals surface area contributed by atoms with Gasteiger partial charge in [0.25, 0.3) is 5.91 Å². The van der Waals surface area contributed by atoms with Gasteiger partial charge in [-0.15, -0.1) is 0 Å². The molecule has 1 aromatic carbocycles. The summed E-state index contributed by atoms with van der Waals surface area (Å²) in [5, 5.41) is 0. The lowest BCUT2D eigenvalue weighted by molar-refractivity contribution is -0.148. The maximum Gasteiger partial charge on any atom is 0.330 e. The van der Waals surface area contributed by atoms with Gasteiger partial charge in [-0.25, -0.2) is 9.69 Å².